The van der Waals surface area contributed by atoms with Gasteiger partial charge in [0, 0.05) is 12.0 Å². The zero-order valence-corrected chi connectivity index (χ0v) is 12.4. The van der Waals surface area contributed by atoms with Gasteiger partial charge in [-0.3, -0.25) is 0 Å². The lowest BCUT2D eigenvalue weighted by Crippen LogP contribution is -2.13. The number of hydrogen-bond acceptors (Lipinski definition) is 3. The molecule has 114 valence electrons. The Morgan fingerprint density at radius 1 is 1.29 bits per heavy atom. The van der Waals surface area contributed by atoms with Gasteiger partial charge in [0.05, 0.1) is 10.6 Å². The Morgan fingerprint density at radius 2 is 2.05 bits per heavy atom. The molecule has 0 spiro atoms. The van der Waals surface area contributed by atoms with E-state index in [1.165, 1.54) is 23.5 Å². The fraction of sp³-hybridized carbons (Fsp3) is 0.286. The summed E-state index contributed by atoms with van der Waals surface area (Å²) in [5.41, 5.74) is 5.62. The summed E-state index contributed by atoms with van der Waals surface area (Å²) in [6, 6.07) is 5.27. The summed E-state index contributed by atoms with van der Waals surface area (Å²) in [7, 11) is 0. The number of benzene rings is 1. The zero-order chi connectivity index (χ0) is 15.5. The van der Waals surface area contributed by atoms with Crippen molar-refractivity contribution in [1.29, 1.82) is 0 Å². The molecule has 1 aromatic heterocycles. The monoisotopic (exact) mass is 335 g/mol. The van der Waals surface area contributed by atoms with Crippen molar-refractivity contribution in [3.63, 3.8) is 0 Å². The quantitative estimate of drug-likeness (QED) is 0.844. The number of rotatable bonds is 5. The van der Waals surface area contributed by atoms with Gasteiger partial charge in [0.15, 0.2) is 0 Å². The van der Waals surface area contributed by atoms with E-state index in [1.807, 2.05) is 16.8 Å². The molecule has 2 aromatic rings. The minimum Gasteiger partial charge on any atom is -0.486 e. The van der Waals surface area contributed by atoms with Crippen LogP contribution in [0.3, 0.4) is 0 Å². The van der Waals surface area contributed by atoms with E-state index in [9.17, 15) is 13.2 Å². The molecule has 1 heterocycles. The highest BCUT2D eigenvalue weighted by Crippen LogP contribution is 2.37. The predicted molar refractivity (Wildman–Crippen MR) is 77.8 cm³/mol. The maximum absolute atomic E-state index is 12.6. The van der Waals surface area contributed by atoms with Crippen LogP contribution in [0.15, 0.2) is 35.0 Å². The van der Waals surface area contributed by atoms with Crippen molar-refractivity contribution in [3.05, 3.63) is 51.2 Å². The van der Waals surface area contributed by atoms with Crippen molar-refractivity contribution in [2.24, 2.45) is 5.73 Å². The fourth-order valence-electron chi connectivity index (χ4n) is 1.87. The molecular formula is C14H13ClF3NOS. The summed E-state index contributed by atoms with van der Waals surface area (Å²) < 4.78 is 43.7. The van der Waals surface area contributed by atoms with E-state index in [0.717, 1.165) is 11.6 Å². The third-order valence-electron chi connectivity index (χ3n) is 2.87. The van der Waals surface area contributed by atoms with Crippen molar-refractivity contribution < 1.29 is 17.9 Å². The van der Waals surface area contributed by atoms with Crippen LogP contribution in [-0.4, -0.2) is 6.54 Å². The summed E-state index contributed by atoms with van der Waals surface area (Å²) in [6.45, 7) is 0.412. The average molecular weight is 336 g/mol. The number of nitrogens with two attached hydrogens (primary N) is 1. The van der Waals surface area contributed by atoms with Gasteiger partial charge in [0.2, 0.25) is 0 Å². The summed E-state index contributed by atoms with van der Waals surface area (Å²) in [5, 5.41) is 3.45. The molecule has 0 fully saturated rings. The zero-order valence-electron chi connectivity index (χ0n) is 10.9. The second-order valence-corrected chi connectivity index (χ2v) is 5.57. The smallest absolute Gasteiger partial charge is 0.417 e. The van der Waals surface area contributed by atoms with E-state index >= 15 is 0 Å². The molecule has 0 aliphatic rings. The van der Waals surface area contributed by atoms with Gasteiger partial charge in [-0.1, -0.05) is 11.6 Å². The molecule has 2 nitrogen and oxygen atoms in total. The highest BCUT2D eigenvalue weighted by atomic mass is 35.5. The summed E-state index contributed by atoms with van der Waals surface area (Å²) >= 11 is 7.19. The Labute approximate surface area is 129 Å². The van der Waals surface area contributed by atoms with E-state index in [0.29, 0.717) is 13.0 Å². The lowest BCUT2D eigenvalue weighted by molar-refractivity contribution is -0.137. The van der Waals surface area contributed by atoms with Gasteiger partial charge in [-0.05, 0) is 41.6 Å². The minimum absolute atomic E-state index is 0.289. The first-order valence-electron chi connectivity index (χ1n) is 6.17. The van der Waals surface area contributed by atoms with Crippen LogP contribution in [0.5, 0.6) is 5.75 Å². The summed E-state index contributed by atoms with van der Waals surface area (Å²) in [6.07, 6.45) is -4.20. The normalized spacial score (nSPS) is 13.2. The molecule has 21 heavy (non-hydrogen) atoms. The summed E-state index contributed by atoms with van der Waals surface area (Å²) in [4.78, 5) is 0. The Kier molecular flexibility index (Phi) is 5.13. The fourth-order valence-corrected chi connectivity index (χ4v) is 2.85. The number of ether oxygens (including phenoxy) is 1. The van der Waals surface area contributed by atoms with E-state index in [2.05, 4.69) is 0 Å². The maximum atomic E-state index is 12.6. The van der Waals surface area contributed by atoms with Gasteiger partial charge in [0.1, 0.15) is 11.9 Å². The first kappa shape index (κ1) is 16.1. The second kappa shape index (κ2) is 6.68. The predicted octanol–water partition coefficient (Wildman–Crippen LogP) is 4.89. The number of alkyl halides is 3. The lowest BCUT2D eigenvalue weighted by Gasteiger charge is -2.18. The third kappa shape index (κ3) is 4.12. The Hall–Kier alpha value is -1.24. The van der Waals surface area contributed by atoms with E-state index in [-0.39, 0.29) is 16.9 Å². The second-order valence-electron chi connectivity index (χ2n) is 4.38. The number of halogens is 4. The van der Waals surface area contributed by atoms with Crippen molar-refractivity contribution in [2.45, 2.75) is 18.7 Å². The molecule has 0 aliphatic carbocycles. The standard InChI is InChI=1S/C14H13ClF3NOS/c15-12-7-10(1-2-11(12)14(16,17)18)20-13(3-5-19)9-4-6-21-8-9/h1-2,4,6-8,13H,3,5,19H2. The Bertz CT molecular complexity index is 586. The minimum atomic E-state index is -4.47. The molecule has 0 saturated carbocycles. The summed E-state index contributed by atoms with van der Waals surface area (Å²) in [5.74, 6) is 0.289. The average Bonchev–Trinajstić information content (AvgIpc) is 2.90. The molecule has 0 aliphatic heterocycles. The van der Waals surface area contributed by atoms with Crippen LogP contribution in [0.1, 0.15) is 23.7 Å². The van der Waals surface area contributed by atoms with Gasteiger partial charge in [-0.2, -0.15) is 24.5 Å². The van der Waals surface area contributed by atoms with Gasteiger partial charge in [-0.25, -0.2) is 0 Å². The molecule has 1 atom stereocenters. The molecule has 0 amide bonds. The third-order valence-corrected chi connectivity index (χ3v) is 3.88. The van der Waals surface area contributed by atoms with Crippen molar-refractivity contribution in [3.8, 4) is 5.75 Å². The Balaban J connectivity index is 2.20. The van der Waals surface area contributed by atoms with Crippen LogP contribution in [0.2, 0.25) is 5.02 Å². The molecule has 2 rings (SSSR count). The van der Waals surface area contributed by atoms with Gasteiger partial charge >= 0.3 is 6.18 Å². The molecule has 0 radical (unpaired) electrons. The van der Waals surface area contributed by atoms with Crippen LogP contribution in [0.25, 0.3) is 0 Å². The van der Waals surface area contributed by atoms with Crippen LogP contribution in [-0.2, 0) is 6.18 Å². The van der Waals surface area contributed by atoms with Crippen LogP contribution < -0.4 is 10.5 Å². The van der Waals surface area contributed by atoms with Crippen molar-refractivity contribution in [2.75, 3.05) is 6.54 Å². The van der Waals surface area contributed by atoms with Crippen LogP contribution >= 0.6 is 22.9 Å². The molecular weight excluding hydrogens is 323 g/mol. The van der Waals surface area contributed by atoms with Gasteiger partial charge < -0.3 is 10.5 Å². The van der Waals surface area contributed by atoms with Gasteiger partial charge in [0.25, 0.3) is 0 Å². The van der Waals surface area contributed by atoms with Crippen LogP contribution in [0.4, 0.5) is 13.2 Å². The molecule has 0 saturated heterocycles. The molecule has 2 N–H and O–H groups in total. The molecule has 1 unspecified atom stereocenters. The first-order valence-corrected chi connectivity index (χ1v) is 7.49. The topological polar surface area (TPSA) is 35.2 Å². The molecule has 7 heteroatoms. The Morgan fingerprint density at radius 3 is 2.57 bits per heavy atom. The molecule has 1 aromatic carbocycles. The van der Waals surface area contributed by atoms with Crippen molar-refractivity contribution >= 4 is 22.9 Å². The van der Waals surface area contributed by atoms with Gasteiger partial charge in [-0.15, -0.1) is 0 Å². The van der Waals surface area contributed by atoms with Crippen molar-refractivity contribution in [1.82, 2.24) is 0 Å². The molecule has 0 bridgehead atoms. The number of hydrogen-bond donors (Lipinski definition) is 1. The maximum Gasteiger partial charge on any atom is 0.417 e. The van der Waals surface area contributed by atoms with Crippen LogP contribution in [0, 0.1) is 0 Å². The van der Waals surface area contributed by atoms with E-state index in [1.54, 1.807) is 0 Å². The SMILES string of the molecule is NCCC(Oc1ccc(C(F)(F)F)c(Cl)c1)c1ccsc1. The largest absolute Gasteiger partial charge is 0.486 e. The number of thiophene rings is 1. The first-order chi connectivity index (χ1) is 9.91. The highest BCUT2D eigenvalue weighted by Gasteiger charge is 2.33. The van der Waals surface area contributed by atoms with E-state index < -0.39 is 11.7 Å². The highest BCUT2D eigenvalue weighted by molar-refractivity contribution is 7.07. The lowest BCUT2D eigenvalue weighted by atomic mass is 10.1. The van der Waals surface area contributed by atoms with E-state index in [4.69, 9.17) is 22.1 Å².